The lowest BCUT2D eigenvalue weighted by Gasteiger charge is -2.49. The molecule has 2 unspecified atom stereocenters. The number of piperidine rings is 1. The van der Waals surface area contributed by atoms with Gasteiger partial charge < -0.3 is 15.5 Å². The summed E-state index contributed by atoms with van der Waals surface area (Å²) >= 11 is 0. The lowest BCUT2D eigenvalue weighted by molar-refractivity contribution is -0.121. The third kappa shape index (κ3) is 4.68. The predicted octanol–water partition coefficient (Wildman–Crippen LogP) is 2.00. The molecule has 2 rings (SSSR count). The first-order valence-corrected chi connectivity index (χ1v) is 8.86. The van der Waals surface area contributed by atoms with Crippen LogP contribution < -0.4 is 10.6 Å². The van der Waals surface area contributed by atoms with E-state index in [1.54, 1.807) is 0 Å². The standard InChI is InChI=1S/C17H33N3O/c1-4-9-18-16(21)8-10-19-17-14-6-5-7-15(17)12-20(11-14)13(2)3/h13-15,17,19H,4-12H2,1-3H3,(H,18,21). The lowest BCUT2D eigenvalue weighted by atomic mass is 9.73. The molecule has 0 radical (unpaired) electrons. The Balaban J connectivity index is 1.77. The number of fused-ring (bicyclic) bond motifs is 2. The van der Waals surface area contributed by atoms with Crippen LogP contribution in [0.5, 0.6) is 0 Å². The van der Waals surface area contributed by atoms with Crippen LogP contribution in [-0.2, 0) is 4.79 Å². The second-order valence-electron chi connectivity index (χ2n) is 7.08. The highest BCUT2D eigenvalue weighted by Crippen LogP contribution is 2.35. The highest BCUT2D eigenvalue weighted by molar-refractivity contribution is 5.75. The number of amides is 1. The molecule has 21 heavy (non-hydrogen) atoms. The van der Waals surface area contributed by atoms with Crippen LogP contribution in [0, 0.1) is 11.8 Å². The van der Waals surface area contributed by atoms with Crippen molar-refractivity contribution in [2.45, 2.75) is 65.0 Å². The number of likely N-dealkylation sites (tertiary alicyclic amines) is 1. The fraction of sp³-hybridized carbons (Fsp3) is 0.941. The number of hydrogen-bond donors (Lipinski definition) is 2. The Bertz CT molecular complexity index is 318. The van der Waals surface area contributed by atoms with E-state index in [1.807, 2.05) is 0 Å². The summed E-state index contributed by atoms with van der Waals surface area (Å²) in [5.41, 5.74) is 0. The molecule has 1 aliphatic heterocycles. The van der Waals surface area contributed by atoms with E-state index in [0.29, 0.717) is 18.5 Å². The van der Waals surface area contributed by atoms with Gasteiger partial charge in [0.15, 0.2) is 0 Å². The second-order valence-corrected chi connectivity index (χ2v) is 7.08. The van der Waals surface area contributed by atoms with Crippen molar-refractivity contribution in [1.82, 2.24) is 15.5 Å². The molecule has 0 aromatic heterocycles. The average molecular weight is 295 g/mol. The van der Waals surface area contributed by atoms with Gasteiger partial charge in [0.25, 0.3) is 0 Å². The van der Waals surface area contributed by atoms with E-state index in [1.165, 1.54) is 32.4 Å². The highest BCUT2D eigenvalue weighted by Gasteiger charge is 2.39. The molecular formula is C17H33N3O. The van der Waals surface area contributed by atoms with E-state index >= 15 is 0 Å². The van der Waals surface area contributed by atoms with Crippen molar-refractivity contribution in [2.75, 3.05) is 26.2 Å². The summed E-state index contributed by atoms with van der Waals surface area (Å²) in [5.74, 6) is 1.74. The van der Waals surface area contributed by atoms with Gasteiger partial charge in [0.05, 0.1) is 0 Å². The number of nitrogens with zero attached hydrogens (tertiary/aromatic N) is 1. The molecule has 1 saturated heterocycles. The fourth-order valence-corrected chi connectivity index (χ4v) is 3.93. The van der Waals surface area contributed by atoms with Gasteiger partial charge in [0, 0.05) is 44.7 Å². The van der Waals surface area contributed by atoms with Crippen molar-refractivity contribution in [2.24, 2.45) is 11.8 Å². The first-order valence-electron chi connectivity index (χ1n) is 8.86. The van der Waals surface area contributed by atoms with E-state index in [4.69, 9.17) is 0 Å². The van der Waals surface area contributed by atoms with Gasteiger partial charge in [0.2, 0.25) is 5.91 Å². The normalized spacial score (nSPS) is 29.6. The SMILES string of the molecule is CCCNC(=O)CCNC1C2CCCC1CN(C(C)C)C2. The molecule has 2 atom stereocenters. The third-order valence-electron chi connectivity index (χ3n) is 5.14. The summed E-state index contributed by atoms with van der Waals surface area (Å²) < 4.78 is 0. The highest BCUT2D eigenvalue weighted by atomic mass is 16.1. The Labute approximate surface area is 130 Å². The maximum atomic E-state index is 11.7. The van der Waals surface area contributed by atoms with E-state index in [-0.39, 0.29) is 5.91 Å². The quantitative estimate of drug-likeness (QED) is 0.755. The molecule has 2 fully saturated rings. The van der Waals surface area contributed by atoms with Crippen molar-refractivity contribution in [3.63, 3.8) is 0 Å². The summed E-state index contributed by atoms with van der Waals surface area (Å²) in [6, 6.07) is 1.29. The Morgan fingerprint density at radius 3 is 2.43 bits per heavy atom. The number of carbonyl (C=O) groups is 1. The van der Waals surface area contributed by atoms with Gasteiger partial charge in [-0.15, -0.1) is 0 Å². The molecule has 2 bridgehead atoms. The van der Waals surface area contributed by atoms with Crippen LogP contribution in [0.2, 0.25) is 0 Å². The van der Waals surface area contributed by atoms with E-state index in [0.717, 1.165) is 31.3 Å². The molecule has 4 heteroatoms. The number of carbonyl (C=O) groups excluding carboxylic acids is 1. The molecule has 1 heterocycles. The number of nitrogens with one attached hydrogen (secondary N) is 2. The summed E-state index contributed by atoms with van der Waals surface area (Å²) in [5, 5.41) is 6.66. The minimum absolute atomic E-state index is 0.189. The summed E-state index contributed by atoms with van der Waals surface area (Å²) in [6.45, 7) is 10.8. The molecule has 122 valence electrons. The lowest BCUT2D eigenvalue weighted by Crippen LogP contribution is -2.58. The molecule has 4 nitrogen and oxygen atoms in total. The van der Waals surface area contributed by atoms with Gasteiger partial charge in [-0.25, -0.2) is 0 Å². The van der Waals surface area contributed by atoms with Crippen molar-refractivity contribution in [1.29, 1.82) is 0 Å². The van der Waals surface area contributed by atoms with Crippen LogP contribution >= 0.6 is 0 Å². The van der Waals surface area contributed by atoms with Crippen molar-refractivity contribution in [3.8, 4) is 0 Å². The molecule has 1 saturated carbocycles. The zero-order chi connectivity index (χ0) is 15.2. The minimum atomic E-state index is 0.189. The molecular weight excluding hydrogens is 262 g/mol. The van der Waals surface area contributed by atoms with Gasteiger partial charge in [-0.3, -0.25) is 4.79 Å². The monoisotopic (exact) mass is 295 g/mol. The number of rotatable bonds is 7. The van der Waals surface area contributed by atoms with Crippen LogP contribution in [0.1, 0.15) is 52.9 Å². The van der Waals surface area contributed by atoms with Crippen molar-refractivity contribution in [3.05, 3.63) is 0 Å². The van der Waals surface area contributed by atoms with Gasteiger partial charge in [0.1, 0.15) is 0 Å². The zero-order valence-electron chi connectivity index (χ0n) is 14.0. The Kier molecular flexibility index (Phi) is 6.49. The van der Waals surface area contributed by atoms with Gasteiger partial charge in [-0.1, -0.05) is 13.3 Å². The third-order valence-corrected chi connectivity index (χ3v) is 5.14. The fourth-order valence-electron chi connectivity index (χ4n) is 3.93. The van der Waals surface area contributed by atoms with E-state index in [2.05, 4.69) is 36.3 Å². The van der Waals surface area contributed by atoms with Gasteiger partial charge in [-0.05, 0) is 44.9 Å². The second kappa shape index (κ2) is 8.14. The Morgan fingerprint density at radius 1 is 1.19 bits per heavy atom. The number of hydrogen-bond acceptors (Lipinski definition) is 3. The largest absolute Gasteiger partial charge is 0.356 e. The summed E-state index contributed by atoms with van der Waals surface area (Å²) in [4.78, 5) is 14.3. The Hall–Kier alpha value is -0.610. The summed E-state index contributed by atoms with van der Waals surface area (Å²) in [6.07, 6.45) is 5.70. The molecule has 1 amide bonds. The smallest absolute Gasteiger partial charge is 0.221 e. The molecule has 1 aliphatic carbocycles. The van der Waals surface area contributed by atoms with Crippen LogP contribution in [0.25, 0.3) is 0 Å². The van der Waals surface area contributed by atoms with Crippen molar-refractivity contribution >= 4 is 5.91 Å². The van der Waals surface area contributed by atoms with Gasteiger partial charge >= 0.3 is 0 Å². The zero-order valence-corrected chi connectivity index (χ0v) is 14.0. The van der Waals surface area contributed by atoms with Crippen LogP contribution in [0.3, 0.4) is 0 Å². The van der Waals surface area contributed by atoms with E-state index in [9.17, 15) is 4.79 Å². The van der Waals surface area contributed by atoms with Crippen LogP contribution in [-0.4, -0.2) is 49.1 Å². The minimum Gasteiger partial charge on any atom is -0.356 e. The van der Waals surface area contributed by atoms with Crippen LogP contribution in [0.15, 0.2) is 0 Å². The topological polar surface area (TPSA) is 44.4 Å². The first-order chi connectivity index (χ1) is 10.1. The maximum Gasteiger partial charge on any atom is 0.221 e. The molecule has 2 aliphatic rings. The average Bonchev–Trinajstić information content (AvgIpc) is 2.44. The predicted molar refractivity (Wildman–Crippen MR) is 87.2 cm³/mol. The summed E-state index contributed by atoms with van der Waals surface area (Å²) in [7, 11) is 0. The molecule has 0 aromatic carbocycles. The first kappa shape index (κ1) is 16.8. The van der Waals surface area contributed by atoms with E-state index < -0.39 is 0 Å². The van der Waals surface area contributed by atoms with Crippen LogP contribution in [0.4, 0.5) is 0 Å². The molecule has 2 N–H and O–H groups in total. The molecule has 0 aromatic rings. The van der Waals surface area contributed by atoms with Gasteiger partial charge in [-0.2, -0.15) is 0 Å². The Morgan fingerprint density at radius 2 is 1.86 bits per heavy atom. The maximum absolute atomic E-state index is 11.7. The molecule has 0 spiro atoms. The van der Waals surface area contributed by atoms with Crippen molar-refractivity contribution < 1.29 is 4.79 Å².